The van der Waals surface area contributed by atoms with Gasteiger partial charge < -0.3 is 15.4 Å². The third kappa shape index (κ3) is 2.43. The molecule has 0 unspecified atom stereocenters. The van der Waals surface area contributed by atoms with Crippen LogP contribution in [0.3, 0.4) is 0 Å². The van der Waals surface area contributed by atoms with E-state index in [9.17, 15) is 9.59 Å². The number of carbonyl (C=O) groups is 2. The monoisotopic (exact) mass is 192 g/mol. The van der Waals surface area contributed by atoms with Crippen LogP contribution in [0.4, 0.5) is 4.79 Å². The third-order valence-electron chi connectivity index (χ3n) is 1.26. The van der Waals surface area contributed by atoms with Crippen molar-refractivity contribution in [3.8, 4) is 0 Å². The molecule has 0 aromatic heterocycles. The van der Waals surface area contributed by atoms with Crippen LogP contribution in [0.1, 0.15) is 0 Å². The van der Waals surface area contributed by atoms with Gasteiger partial charge in [-0.2, -0.15) is 0 Å². The Bertz CT molecular complexity index is 227. The predicted molar refractivity (Wildman–Crippen MR) is 43.9 cm³/mol. The van der Waals surface area contributed by atoms with Crippen LogP contribution in [0, 0.1) is 0 Å². The van der Waals surface area contributed by atoms with Crippen molar-refractivity contribution in [2.45, 2.75) is 0 Å². The van der Waals surface area contributed by atoms with E-state index in [1.54, 1.807) is 0 Å². The van der Waals surface area contributed by atoms with Gasteiger partial charge in [0.05, 0.1) is 19.2 Å². The number of methoxy groups -OCH3 is 1. The highest BCUT2D eigenvalue weighted by atomic mass is 35.5. The van der Waals surface area contributed by atoms with Crippen LogP contribution < -0.4 is 10.6 Å². The van der Waals surface area contributed by atoms with E-state index in [2.05, 4.69) is 15.4 Å². The zero-order valence-electron chi connectivity index (χ0n) is 6.42. The van der Waals surface area contributed by atoms with Crippen molar-refractivity contribution in [2.75, 3.05) is 13.7 Å². The molecule has 0 aliphatic carbocycles. The number of carbonyl (C=O) groups excluding carboxylic acids is 2. The summed E-state index contributed by atoms with van der Waals surface area (Å²) in [5, 5.41) is 4.76. The van der Waals surface area contributed by atoms with Crippen LogP contribution in [0.2, 0.25) is 0 Å². The lowest BCUT2D eigenvalue weighted by Crippen LogP contribution is -2.40. The van der Waals surface area contributed by atoms with Gasteiger partial charge in [-0.1, -0.05) is 0 Å². The number of esters is 1. The molecule has 6 heteroatoms. The molecule has 0 spiro atoms. The van der Waals surface area contributed by atoms with Crippen LogP contribution in [0.5, 0.6) is 0 Å². The van der Waals surface area contributed by atoms with E-state index < -0.39 is 5.97 Å². The van der Waals surface area contributed by atoms with Crippen molar-refractivity contribution in [3.63, 3.8) is 0 Å². The van der Waals surface area contributed by atoms with Crippen LogP contribution in [0.15, 0.2) is 11.8 Å². The SMILES string of the molecule is COC(=O)C1=CNC(=O)NC1.Cl. The molecule has 1 aliphatic heterocycles. The molecule has 2 N–H and O–H groups in total. The Balaban J connectivity index is 0.00000121. The molecule has 0 saturated heterocycles. The van der Waals surface area contributed by atoms with Crippen molar-refractivity contribution in [1.82, 2.24) is 10.6 Å². The second-order valence-corrected chi connectivity index (χ2v) is 1.99. The zero-order chi connectivity index (χ0) is 8.27. The lowest BCUT2D eigenvalue weighted by Gasteiger charge is -2.12. The smallest absolute Gasteiger partial charge is 0.337 e. The second kappa shape index (κ2) is 4.61. The first-order chi connectivity index (χ1) is 5.24. The van der Waals surface area contributed by atoms with Gasteiger partial charge in [0.25, 0.3) is 0 Å². The average Bonchev–Trinajstić information content (AvgIpc) is 2.05. The quantitative estimate of drug-likeness (QED) is 0.565. The van der Waals surface area contributed by atoms with Gasteiger partial charge in [-0.3, -0.25) is 0 Å². The number of nitrogens with one attached hydrogen (secondary N) is 2. The molecular formula is C6H9ClN2O3. The molecule has 0 atom stereocenters. The Morgan fingerprint density at radius 1 is 1.67 bits per heavy atom. The van der Waals surface area contributed by atoms with Gasteiger partial charge in [-0.25, -0.2) is 9.59 Å². The maximum Gasteiger partial charge on any atom is 0.337 e. The number of ether oxygens (including phenoxy) is 1. The number of amides is 2. The summed E-state index contributed by atoms with van der Waals surface area (Å²) in [5.74, 6) is -0.433. The van der Waals surface area contributed by atoms with Gasteiger partial charge in [0.1, 0.15) is 0 Å². The maximum absolute atomic E-state index is 10.8. The Labute approximate surface area is 75.6 Å². The van der Waals surface area contributed by atoms with Crippen molar-refractivity contribution in [1.29, 1.82) is 0 Å². The van der Waals surface area contributed by atoms with Crippen molar-refractivity contribution < 1.29 is 14.3 Å². The molecular weight excluding hydrogens is 184 g/mol. The van der Waals surface area contributed by atoms with Crippen LogP contribution >= 0.6 is 12.4 Å². The summed E-state index contributed by atoms with van der Waals surface area (Å²) < 4.78 is 4.43. The van der Waals surface area contributed by atoms with E-state index in [0.29, 0.717) is 5.57 Å². The van der Waals surface area contributed by atoms with Gasteiger partial charge in [0, 0.05) is 6.20 Å². The van der Waals surface area contributed by atoms with Crippen LogP contribution in [0.25, 0.3) is 0 Å². The largest absolute Gasteiger partial charge is 0.466 e. The molecule has 12 heavy (non-hydrogen) atoms. The van der Waals surface area contributed by atoms with E-state index in [1.165, 1.54) is 13.3 Å². The summed E-state index contributed by atoms with van der Waals surface area (Å²) >= 11 is 0. The van der Waals surface area contributed by atoms with E-state index in [-0.39, 0.29) is 25.0 Å². The molecule has 68 valence electrons. The Morgan fingerprint density at radius 2 is 2.33 bits per heavy atom. The zero-order valence-corrected chi connectivity index (χ0v) is 7.23. The number of urea groups is 1. The lowest BCUT2D eigenvalue weighted by atomic mass is 10.2. The summed E-state index contributed by atoms with van der Waals surface area (Å²) in [7, 11) is 1.29. The third-order valence-corrected chi connectivity index (χ3v) is 1.26. The minimum Gasteiger partial charge on any atom is -0.466 e. The molecule has 2 amide bonds. The number of halogens is 1. The second-order valence-electron chi connectivity index (χ2n) is 1.99. The average molecular weight is 193 g/mol. The number of rotatable bonds is 1. The minimum atomic E-state index is -0.433. The standard InChI is InChI=1S/C6H8N2O3.ClH/c1-11-5(9)4-2-7-6(10)8-3-4;/h2H,3H2,1H3,(H2,7,8,10);1H. The fourth-order valence-corrected chi connectivity index (χ4v) is 0.692. The fraction of sp³-hybridized carbons (Fsp3) is 0.333. The normalized spacial score (nSPS) is 14.8. The first-order valence-corrected chi connectivity index (χ1v) is 3.06. The van der Waals surface area contributed by atoms with Gasteiger partial charge in [-0.05, 0) is 0 Å². The summed E-state index contributed by atoms with van der Waals surface area (Å²) in [6.45, 7) is 0.221. The molecule has 0 aromatic carbocycles. The molecule has 5 nitrogen and oxygen atoms in total. The van der Waals surface area contributed by atoms with Crippen molar-refractivity contribution in [3.05, 3.63) is 11.8 Å². The first kappa shape index (κ1) is 10.8. The van der Waals surface area contributed by atoms with Gasteiger partial charge in [0.15, 0.2) is 0 Å². The summed E-state index contributed by atoms with van der Waals surface area (Å²) in [6.07, 6.45) is 1.34. The summed E-state index contributed by atoms with van der Waals surface area (Å²) in [4.78, 5) is 21.3. The Kier molecular flexibility index (Phi) is 4.14. The molecule has 0 radical (unpaired) electrons. The van der Waals surface area contributed by atoms with E-state index in [1.807, 2.05) is 0 Å². The van der Waals surface area contributed by atoms with Gasteiger partial charge in [-0.15, -0.1) is 12.4 Å². The van der Waals surface area contributed by atoms with E-state index in [0.717, 1.165) is 0 Å². The van der Waals surface area contributed by atoms with E-state index >= 15 is 0 Å². The van der Waals surface area contributed by atoms with Crippen LogP contribution in [-0.4, -0.2) is 25.7 Å². The lowest BCUT2D eigenvalue weighted by molar-refractivity contribution is -0.136. The summed E-state index contributed by atoms with van der Waals surface area (Å²) in [5.41, 5.74) is 0.409. The van der Waals surface area contributed by atoms with Crippen molar-refractivity contribution in [2.24, 2.45) is 0 Å². The molecule has 0 fully saturated rings. The number of hydrogen-bond acceptors (Lipinski definition) is 3. The Hall–Kier alpha value is -1.23. The minimum absolute atomic E-state index is 0. The molecule has 1 heterocycles. The predicted octanol–water partition coefficient (Wildman–Crippen LogP) is -0.222. The Morgan fingerprint density at radius 3 is 2.75 bits per heavy atom. The molecule has 0 saturated carbocycles. The van der Waals surface area contributed by atoms with Gasteiger partial charge in [0.2, 0.25) is 0 Å². The highest BCUT2D eigenvalue weighted by Crippen LogP contribution is 1.96. The van der Waals surface area contributed by atoms with Crippen LogP contribution in [-0.2, 0) is 9.53 Å². The summed E-state index contributed by atoms with van der Waals surface area (Å²) in [6, 6.07) is -0.308. The topological polar surface area (TPSA) is 67.4 Å². The van der Waals surface area contributed by atoms with Crippen molar-refractivity contribution >= 4 is 24.4 Å². The molecule has 0 aromatic rings. The fourth-order valence-electron chi connectivity index (χ4n) is 0.692. The number of hydrogen-bond donors (Lipinski definition) is 2. The molecule has 0 bridgehead atoms. The molecule has 1 rings (SSSR count). The molecule has 1 aliphatic rings. The highest BCUT2D eigenvalue weighted by Gasteiger charge is 2.14. The van der Waals surface area contributed by atoms with Gasteiger partial charge >= 0.3 is 12.0 Å². The highest BCUT2D eigenvalue weighted by molar-refractivity contribution is 5.92. The van der Waals surface area contributed by atoms with E-state index in [4.69, 9.17) is 0 Å². The maximum atomic E-state index is 10.8. The first-order valence-electron chi connectivity index (χ1n) is 3.06.